The highest BCUT2D eigenvalue weighted by Gasteiger charge is 2.17. The zero-order valence-corrected chi connectivity index (χ0v) is 11.1. The van der Waals surface area contributed by atoms with Gasteiger partial charge in [-0.2, -0.15) is 0 Å². The fourth-order valence-electron chi connectivity index (χ4n) is 1.26. The topological polar surface area (TPSA) is 83.5 Å². The van der Waals surface area contributed by atoms with Gasteiger partial charge in [0.25, 0.3) is 0 Å². The van der Waals surface area contributed by atoms with E-state index in [1.54, 1.807) is 0 Å². The summed E-state index contributed by atoms with van der Waals surface area (Å²) in [7, 11) is -3.95. The van der Waals surface area contributed by atoms with Crippen LogP contribution in [-0.2, 0) is 14.8 Å². The van der Waals surface area contributed by atoms with E-state index < -0.39 is 44.1 Å². The van der Waals surface area contributed by atoms with Crippen LogP contribution < -0.4 is 4.72 Å². The normalized spacial score (nSPS) is 11.3. The van der Waals surface area contributed by atoms with E-state index in [0.29, 0.717) is 6.07 Å². The van der Waals surface area contributed by atoms with Crippen molar-refractivity contribution in [1.29, 1.82) is 0 Å². The molecule has 2 N–H and O–H groups in total. The number of halogens is 3. The summed E-state index contributed by atoms with van der Waals surface area (Å²) < 4.78 is 51.1. The summed E-state index contributed by atoms with van der Waals surface area (Å²) in [4.78, 5) is 10.3. The van der Waals surface area contributed by atoms with Gasteiger partial charge in [0, 0.05) is 12.5 Å². The number of rotatable bonds is 6. The van der Waals surface area contributed by atoms with Gasteiger partial charge in [-0.1, -0.05) is 11.6 Å². The molecule has 0 aliphatic heterocycles. The third kappa shape index (κ3) is 4.99. The molecule has 0 fully saturated rings. The van der Waals surface area contributed by atoms with Crippen LogP contribution in [0.4, 0.5) is 14.5 Å². The molecule has 0 bridgehead atoms. The number of hydrogen-bond donors (Lipinski definition) is 2. The highest BCUT2D eigenvalue weighted by Crippen LogP contribution is 2.27. The molecule has 0 atom stereocenters. The molecule has 1 rings (SSSR count). The van der Waals surface area contributed by atoms with E-state index in [4.69, 9.17) is 16.7 Å². The van der Waals surface area contributed by atoms with Crippen LogP contribution in [0.3, 0.4) is 0 Å². The van der Waals surface area contributed by atoms with Crippen LogP contribution in [0.1, 0.15) is 12.8 Å². The first-order valence-electron chi connectivity index (χ1n) is 5.08. The Hall–Kier alpha value is -1.41. The van der Waals surface area contributed by atoms with Crippen molar-refractivity contribution in [3.05, 3.63) is 28.8 Å². The summed E-state index contributed by atoms with van der Waals surface area (Å²) in [6.45, 7) is 0. The van der Waals surface area contributed by atoms with E-state index >= 15 is 0 Å². The number of benzene rings is 1. The first-order valence-corrected chi connectivity index (χ1v) is 7.11. The number of carboxylic acid groups (broad SMARTS) is 1. The second kappa shape index (κ2) is 6.16. The van der Waals surface area contributed by atoms with Crippen molar-refractivity contribution in [2.75, 3.05) is 10.5 Å². The van der Waals surface area contributed by atoms with Crippen molar-refractivity contribution in [3.63, 3.8) is 0 Å². The zero-order chi connectivity index (χ0) is 14.6. The Morgan fingerprint density at radius 2 is 2.00 bits per heavy atom. The lowest BCUT2D eigenvalue weighted by molar-refractivity contribution is -0.137. The van der Waals surface area contributed by atoms with Gasteiger partial charge in [0.2, 0.25) is 10.0 Å². The number of hydrogen-bond acceptors (Lipinski definition) is 3. The van der Waals surface area contributed by atoms with Crippen molar-refractivity contribution in [1.82, 2.24) is 0 Å². The van der Waals surface area contributed by atoms with E-state index in [-0.39, 0.29) is 12.8 Å². The molecule has 0 saturated heterocycles. The summed E-state index contributed by atoms with van der Waals surface area (Å²) >= 11 is 5.52. The Kier molecular flexibility index (Phi) is 5.07. The van der Waals surface area contributed by atoms with Gasteiger partial charge >= 0.3 is 5.97 Å². The van der Waals surface area contributed by atoms with Crippen LogP contribution in [0.2, 0.25) is 5.02 Å². The number of sulfonamides is 1. The summed E-state index contributed by atoms with van der Waals surface area (Å²) in [6, 6.07) is 1.25. The Morgan fingerprint density at radius 3 is 2.53 bits per heavy atom. The minimum absolute atomic E-state index is 0.134. The molecule has 1 aromatic carbocycles. The van der Waals surface area contributed by atoms with Crippen LogP contribution in [0.25, 0.3) is 0 Å². The molecule has 0 unspecified atom stereocenters. The molecule has 9 heteroatoms. The minimum Gasteiger partial charge on any atom is -0.481 e. The Bertz CT molecular complexity index is 568. The average molecular weight is 314 g/mol. The van der Waals surface area contributed by atoms with Gasteiger partial charge in [-0.3, -0.25) is 9.52 Å². The Balaban J connectivity index is 2.81. The van der Waals surface area contributed by atoms with Gasteiger partial charge in [0.05, 0.1) is 10.8 Å². The monoisotopic (exact) mass is 313 g/mol. The fraction of sp³-hybridized carbons (Fsp3) is 0.300. The molecule has 0 aromatic heterocycles. The lowest BCUT2D eigenvalue weighted by atomic mass is 10.3. The van der Waals surface area contributed by atoms with E-state index in [0.717, 1.165) is 6.07 Å². The quantitative estimate of drug-likeness (QED) is 0.843. The smallest absolute Gasteiger partial charge is 0.303 e. The summed E-state index contributed by atoms with van der Waals surface area (Å²) in [5, 5.41) is 7.96. The van der Waals surface area contributed by atoms with Gasteiger partial charge in [0.1, 0.15) is 11.5 Å². The second-order valence-electron chi connectivity index (χ2n) is 3.66. The van der Waals surface area contributed by atoms with Gasteiger partial charge in [-0.15, -0.1) is 0 Å². The van der Waals surface area contributed by atoms with Crippen LogP contribution in [-0.4, -0.2) is 25.2 Å². The van der Waals surface area contributed by atoms with E-state index in [1.807, 2.05) is 4.72 Å². The zero-order valence-electron chi connectivity index (χ0n) is 9.49. The summed E-state index contributed by atoms with van der Waals surface area (Å²) in [5.74, 6) is -3.73. The molecule has 0 aliphatic rings. The molecule has 0 aliphatic carbocycles. The first-order chi connectivity index (χ1) is 8.71. The van der Waals surface area contributed by atoms with E-state index in [1.165, 1.54) is 0 Å². The van der Waals surface area contributed by atoms with E-state index in [9.17, 15) is 22.0 Å². The van der Waals surface area contributed by atoms with Gasteiger partial charge in [-0.25, -0.2) is 17.2 Å². The number of carboxylic acids is 1. The standard InChI is InChI=1S/C10H10ClF2NO4S/c11-7-4-6(12)5-8(13)10(7)14-19(17,18)3-1-2-9(15)16/h4-5,14H,1-3H2,(H,15,16). The van der Waals surface area contributed by atoms with Crippen LogP contribution in [0, 0.1) is 11.6 Å². The van der Waals surface area contributed by atoms with Crippen LogP contribution in [0.15, 0.2) is 12.1 Å². The SMILES string of the molecule is O=C(O)CCCS(=O)(=O)Nc1c(F)cc(F)cc1Cl. The number of aliphatic carboxylic acids is 1. The predicted molar refractivity (Wildman–Crippen MR) is 65.6 cm³/mol. The molecule has 19 heavy (non-hydrogen) atoms. The van der Waals surface area contributed by atoms with Crippen molar-refractivity contribution < 1.29 is 27.1 Å². The summed E-state index contributed by atoms with van der Waals surface area (Å²) in [5.41, 5.74) is -0.557. The van der Waals surface area contributed by atoms with Crippen molar-refractivity contribution >= 4 is 33.3 Å². The number of carbonyl (C=O) groups is 1. The molecule has 0 radical (unpaired) electrons. The highest BCUT2D eigenvalue weighted by atomic mass is 35.5. The third-order valence-electron chi connectivity index (χ3n) is 2.07. The van der Waals surface area contributed by atoms with Gasteiger partial charge < -0.3 is 5.11 Å². The van der Waals surface area contributed by atoms with E-state index in [2.05, 4.69) is 0 Å². The van der Waals surface area contributed by atoms with Crippen molar-refractivity contribution in [3.8, 4) is 0 Å². The molecule has 0 spiro atoms. The molecule has 5 nitrogen and oxygen atoms in total. The second-order valence-corrected chi connectivity index (χ2v) is 5.91. The van der Waals surface area contributed by atoms with Crippen LogP contribution in [0.5, 0.6) is 0 Å². The largest absolute Gasteiger partial charge is 0.481 e. The molecular formula is C10H10ClF2NO4S. The first kappa shape index (κ1) is 15.6. The van der Waals surface area contributed by atoms with Gasteiger partial charge in [0.15, 0.2) is 5.82 Å². The molecule has 0 amide bonds. The molecule has 1 aromatic rings. The highest BCUT2D eigenvalue weighted by molar-refractivity contribution is 7.92. The van der Waals surface area contributed by atoms with Crippen molar-refractivity contribution in [2.24, 2.45) is 0 Å². The molecule has 0 heterocycles. The fourth-order valence-corrected chi connectivity index (χ4v) is 2.70. The molecule has 0 saturated carbocycles. The minimum atomic E-state index is -3.95. The Morgan fingerprint density at radius 1 is 1.37 bits per heavy atom. The maximum atomic E-state index is 13.3. The predicted octanol–water partition coefficient (Wildman–Crippen LogP) is 2.22. The summed E-state index contributed by atoms with van der Waals surface area (Å²) in [6.07, 6.45) is -0.467. The van der Waals surface area contributed by atoms with Crippen LogP contribution >= 0.6 is 11.6 Å². The lowest BCUT2D eigenvalue weighted by Crippen LogP contribution is -2.18. The Labute approximate surface area is 113 Å². The maximum Gasteiger partial charge on any atom is 0.303 e. The lowest BCUT2D eigenvalue weighted by Gasteiger charge is -2.10. The molecule has 106 valence electrons. The number of nitrogens with one attached hydrogen (secondary N) is 1. The third-order valence-corrected chi connectivity index (χ3v) is 3.71. The maximum absolute atomic E-state index is 13.3. The van der Waals surface area contributed by atoms with Crippen molar-refractivity contribution in [2.45, 2.75) is 12.8 Å². The van der Waals surface area contributed by atoms with Gasteiger partial charge in [-0.05, 0) is 12.5 Å². The number of anilines is 1. The molecular weight excluding hydrogens is 304 g/mol. The average Bonchev–Trinajstić information content (AvgIpc) is 2.22.